The lowest BCUT2D eigenvalue weighted by Crippen LogP contribution is -1.99. The molecule has 0 spiro atoms. The number of anilines is 1. The number of benzene rings is 1. The van der Waals surface area contributed by atoms with E-state index in [1.54, 1.807) is 0 Å². The topological polar surface area (TPSA) is 35.8 Å². The first kappa shape index (κ1) is 10.2. The molecular weight excluding hydrogens is 172 g/mol. The molecule has 1 N–H and O–H groups in total. The third kappa shape index (κ3) is 3.21. The van der Waals surface area contributed by atoms with Gasteiger partial charge in [-0.3, -0.25) is 0 Å². The van der Waals surface area contributed by atoms with E-state index < -0.39 is 0 Å². The normalized spacial score (nSPS) is 8.71. The standard InChI is InChI=1S/C12H12N2/c1-2-3-10-14-12-6-4-11(5-7-12)8-9-13/h1,4-7,14H,3,8,10H2. The Morgan fingerprint density at radius 1 is 1.29 bits per heavy atom. The summed E-state index contributed by atoms with van der Waals surface area (Å²) in [4.78, 5) is 0. The van der Waals surface area contributed by atoms with Gasteiger partial charge in [-0.1, -0.05) is 12.1 Å². The fraction of sp³-hybridized carbons (Fsp3) is 0.250. The molecule has 70 valence electrons. The molecule has 0 atom stereocenters. The van der Waals surface area contributed by atoms with Crippen molar-refractivity contribution in [3.8, 4) is 18.4 Å². The van der Waals surface area contributed by atoms with Gasteiger partial charge >= 0.3 is 0 Å². The maximum absolute atomic E-state index is 8.47. The van der Waals surface area contributed by atoms with Crippen molar-refractivity contribution in [3.05, 3.63) is 29.8 Å². The summed E-state index contributed by atoms with van der Waals surface area (Å²) in [6, 6.07) is 9.92. The number of hydrogen-bond donors (Lipinski definition) is 1. The van der Waals surface area contributed by atoms with Crippen LogP contribution < -0.4 is 5.32 Å². The predicted octanol–water partition coefficient (Wildman–Crippen LogP) is 2.19. The van der Waals surface area contributed by atoms with E-state index in [9.17, 15) is 0 Å². The molecule has 0 aliphatic carbocycles. The van der Waals surface area contributed by atoms with Crippen LogP contribution in [0.3, 0.4) is 0 Å². The molecule has 0 amide bonds. The first-order valence-electron chi connectivity index (χ1n) is 4.50. The van der Waals surface area contributed by atoms with Gasteiger partial charge in [-0.25, -0.2) is 0 Å². The minimum Gasteiger partial charge on any atom is -0.384 e. The highest BCUT2D eigenvalue weighted by atomic mass is 14.9. The van der Waals surface area contributed by atoms with Crippen molar-refractivity contribution in [3.63, 3.8) is 0 Å². The van der Waals surface area contributed by atoms with Crippen LogP contribution in [0, 0.1) is 23.7 Å². The average molecular weight is 184 g/mol. The number of terminal acetylenes is 1. The van der Waals surface area contributed by atoms with Gasteiger partial charge in [-0.05, 0) is 17.7 Å². The lowest BCUT2D eigenvalue weighted by molar-refractivity contribution is 1.10. The van der Waals surface area contributed by atoms with Gasteiger partial charge in [0.2, 0.25) is 0 Å². The van der Waals surface area contributed by atoms with Crippen LogP contribution in [-0.4, -0.2) is 6.54 Å². The van der Waals surface area contributed by atoms with Gasteiger partial charge in [-0.15, -0.1) is 12.3 Å². The van der Waals surface area contributed by atoms with Crippen molar-refractivity contribution in [2.75, 3.05) is 11.9 Å². The molecule has 1 aromatic carbocycles. The quantitative estimate of drug-likeness (QED) is 0.575. The van der Waals surface area contributed by atoms with Gasteiger partial charge in [-0.2, -0.15) is 5.26 Å². The van der Waals surface area contributed by atoms with Gasteiger partial charge < -0.3 is 5.32 Å². The first-order valence-corrected chi connectivity index (χ1v) is 4.50. The molecule has 0 aromatic heterocycles. The van der Waals surface area contributed by atoms with Crippen LogP contribution in [0.4, 0.5) is 5.69 Å². The number of nitriles is 1. The van der Waals surface area contributed by atoms with Gasteiger partial charge in [0, 0.05) is 18.7 Å². The summed E-state index contributed by atoms with van der Waals surface area (Å²) < 4.78 is 0. The fourth-order valence-corrected chi connectivity index (χ4v) is 1.11. The highest BCUT2D eigenvalue weighted by Crippen LogP contribution is 2.09. The fourth-order valence-electron chi connectivity index (χ4n) is 1.11. The summed E-state index contributed by atoms with van der Waals surface area (Å²) in [5.74, 6) is 2.56. The molecule has 2 heteroatoms. The Hall–Kier alpha value is -1.93. The van der Waals surface area contributed by atoms with Crippen molar-refractivity contribution >= 4 is 5.69 Å². The number of hydrogen-bond acceptors (Lipinski definition) is 2. The lowest BCUT2D eigenvalue weighted by Gasteiger charge is -2.04. The third-order valence-corrected chi connectivity index (χ3v) is 1.84. The predicted molar refractivity (Wildman–Crippen MR) is 57.7 cm³/mol. The highest BCUT2D eigenvalue weighted by molar-refractivity contribution is 5.45. The third-order valence-electron chi connectivity index (χ3n) is 1.84. The van der Waals surface area contributed by atoms with Crippen LogP contribution >= 0.6 is 0 Å². The van der Waals surface area contributed by atoms with Gasteiger partial charge in [0.1, 0.15) is 0 Å². The van der Waals surface area contributed by atoms with Crippen LogP contribution in [-0.2, 0) is 6.42 Å². The maximum Gasteiger partial charge on any atom is 0.0669 e. The largest absolute Gasteiger partial charge is 0.384 e. The Morgan fingerprint density at radius 2 is 2.00 bits per heavy atom. The van der Waals surface area contributed by atoms with Crippen LogP contribution in [0.5, 0.6) is 0 Å². The molecule has 0 saturated carbocycles. The second-order valence-corrected chi connectivity index (χ2v) is 2.91. The van der Waals surface area contributed by atoms with Crippen molar-refractivity contribution < 1.29 is 0 Å². The molecule has 0 fully saturated rings. The van der Waals surface area contributed by atoms with E-state index in [0.29, 0.717) is 6.42 Å². The van der Waals surface area contributed by atoms with E-state index in [0.717, 1.165) is 24.2 Å². The highest BCUT2D eigenvalue weighted by Gasteiger charge is 1.92. The molecule has 1 aromatic rings. The zero-order chi connectivity index (χ0) is 10.2. The summed E-state index contributed by atoms with van der Waals surface area (Å²) in [6.07, 6.45) is 6.32. The first-order chi connectivity index (χ1) is 6.86. The van der Waals surface area contributed by atoms with Crippen LogP contribution in [0.25, 0.3) is 0 Å². The minimum absolute atomic E-state index is 0.463. The summed E-state index contributed by atoms with van der Waals surface area (Å²) in [6.45, 7) is 0.786. The van der Waals surface area contributed by atoms with E-state index in [2.05, 4.69) is 17.3 Å². The molecule has 2 nitrogen and oxygen atoms in total. The number of nitrogens with one attached hydrogen (secondary N) is 1. The van der Waals surface area contributed by atoms with E-state index >= 15 is 0 Å². The Labute approximate surface area is 84.6 Å². The molecule has 1 rings (SSSR count). The number of rotatable bonds is 4. The van der Waals surface area contributed by atoms with E-state index in [1.165, 1.54) is 0 Å². The molecule has 14 heavy (non-hydrogen) atoms. The summed E-state index contributed by atoms with van der Waals surface area (Å²) in [7, 11) is 0. The van der Waals surface area contributed by atoms with E-state index in [1.807, 2.05) is 24.3 Å². The van der Waals surface area contributed by atoms with Gasteiger partial charge in [0.15, 0.2) is 0 Å². The summed E-state index contributed by atoms with van der Waals surface area (Å²) >= 11 is 0. The molecule has 0 aliphatic rings. The molecule has 0 saturated heterocycles. The summed E-state index contributed by atoms with van der Waals surface area (Å²) in [5, 5.41) is 11.7. The van der Waals surface area contributed by atoms with E-state index in [4.69, 9.17) is 11.7 Å². The zero-order valence-electron chi connectivity index (χ0n) is 7.96. The Bertz CT molecular complexity index is 351. The molecular formula is C12H12N2. The Kier molecular flexibility index (Phi) is 4.11. The van der Waals surface area contributed by atoms with Gasteiger partial charge in [0.25, 0.3) is 0 Å². The van der Waals surface area contributed by atoms with Crippen molar-refractivity contribution in [1.29, 1.82) is 5.26 Å². The van der Waals surface area contributed by atoms with Crippen LogP contribution in [0.2, 0.25) is 0 Å². The lowest BCUT2D eigenvalue weighted by atomic mass is 10.1. The molecule has 0 radical (unpaired) electrons. The van der Waals surface area contributed by atoms with Crippen molar-refractivity contribution in [2.24, 2.45) is 0 Å². The average Bonchev–Trinajstić information content (AvgIpc) is 2.21. The second kappa shape index (κ2) is 5.67. The monoisotopic (exact) mass is 184 g/mol. The van der Waals surface area contributed by atoms with Crippen LogP contribution in [0.15, 0.2) is 24.3 Å². The molecule has 0 unspecified atom stereocenters. The SMILES string of the molecule is C#CCCNc1ccc(CC#N)cc1. The zero-order valence-corrected chi connectivity index (χ0v) is 7.96. The minimum atomic E-state index is 0.463. The van der Waals surface area contributed by atoms with Crippen LogP contribution in [0.1, 0.15) is 12.0 Å². The Morgan fingerprint density at radius 3 is 2.57 bits per heavy atom. The number of nitrogens with zero attached hydrogens (tertiary/aromatic N) is 1. The van der Waals surface area contributed by atoms with E-state index in [-0.39, 0.29) is 0 Å². The van der Waals surface area contributed by atoms with Gasteiger partial charge in [0.05, 0.1) is 12.5 Å². The van der Waals surface area contributed by atoms with Crippen molar-refractivity contribution in [2.45, 2.75) is 12.8 Å². The molecule has 0 heterocycles. The maximum atomic E-state index is 8.47. The van der Waals surface area contributed by atoms with Crippen molar-refractivity contribution in [1.82, 2.24) is 0 Å². The smallest absolute Gasteiger partial charge is 0.0669 e. The Balaban J connectivity index is 2.48. The second-order valence-electron chi connectivity index (χ2n) is 2.91. The molecule has 0 bridgehead atoms. The summed E-state index contributed by atoms with van der Waals surface area (Å²) in [5.41, 5.74) is 2.08. The molecule has 0 aliphatic heterocycles.